The van der Waals surface area contributed by atoms with E-state index in [1.807, 2.05) is 0 Å². The van der Waals surface area contributed by atoms with Crippen LogP contribution in [-0.2, 0) is 15.9 Å². The second-order valence-corrected chi connectivity index (χ2v) is 8.53. The van der Waals surface area contributed by atoms with Gasteiger partial charge in [0.05, 0.1) is 6.61 Å². The van der Waals surface area contributed by atoms with Crippen LogP contribution in [0.25, 0.3) is 11.0 Å². The molecule has 1 saturated heterocycles. The van der Waals surface area contributed by atoms with Crippen molar-refractivity contribution >= 4 is 11.0 Å². The number of aromatic hydroxyl groups is 1. The summed E-state index contributed by atoms with van der Waals surface area (Å²) in [5, 5.41) is 50.3. The van der Waals surface area contributed by atoms with Crippen LogP contribution in [0.5, 0.6) is 11.5 Å². The first-order valence-electron chi connectivity index (χ1n) is 9.97. The van der Waals surface area contributed by atoms with Gasteiger partial charge in [-0.15, -0.1) is 0 Å². The van der Waals surface area contributed by atoms with Crippen molar-refractivity contribution in [3.8, 4) is 11.5 Å². The molecule has 0 saturated carbocycles. The van der Waals surface area contributed by atoms with E-state index in [9.17, 15) is 30.3 Å². The average molecular weight is 438 g/mol. The van der Waals surface area contributed by atoms with Crippen molar-refractivity contribution in [3.05, 3.63) is 33.7 Å². The van der Waals surface area contributed by atoms with Crippen LogP contribution >= 0.6 is 0 Å². The summed E-state index contributed by atoms with van der Waals surface area (Å²) in [7, 11) is 0. The van der Waals surface area contributed by atoms with Gasteiger partial charge in [0.15, 0.2) is 11.7 Å². The number of aliphatic hydroxyl groups is 4. The van der Waals surface area contributed by atoms with E-state index in [4.69, 9.17) is 18.6 Å². The highest BCUT2D eigenvalue weighted by Crippen LogP contribution is 2.43. The second-order valence-electron chi connectivity index (χ2n) is 8.53. The molecule has 1 aromatic carbocycles. The fourth-order valence-electron chi connectivity index (χ4n) is 4.05. The number of aryl methyl sites for hydroxylation is 1. The molecule has 0 aliphatic carbocycles. The highest BCUT2D eigenvalue weighted by atomic mass is 16.7. The molecule has 1 fully saturated rings. The maximum absolute atomic E-state index is 12.3. The van der Waals surface area contributed by atoms with Crippen LogP contribution < -0.4 is 10.2 Å². The van der Waals surface area contributed by atoms with E-state index in [-0.39, 0.29) is 28.6 Å². The second kappa shape index (κ2) is 7.73. The zero-order valence-electron chi connectivity index (χ0n) is 17.3. The van der Waals surface area contributed by atoms with Gasteiger partial charge in [0, 0.05) is 24.1 Å². The monoisotopic (exact) mass is 438 g/mol. The predicted octanol–water partition coefficient (Wildman–Crippen LogP) is -0.294. The molecule has 170 valence electrons. The van der Waals surface area contributed by atoms with Gasteiger partial charge in [-0.2, -0.15) is 0 Å². The molecular formula is C21H26O10. The molecule has 2 aliphatic heterocycles. The molecule has 0 unspecified atom stereocenters. The van der Waals surface area contributed by atoms with Crippen molar-refractivity contribution in [2.24, 2.45) is 0 Å². The molecule has 0 bridgehead atoms. The third-order valence-corrected chi connectivity index (χ3v) is 5.88. The number of fused-ring (bicyclic) bond motifs is 2. The maximum atomic E-state index is 12.3. The van der Waals surface area contributed by atoms with Gasteiger partial charge in [-0.05, 0) is 20.8 Å². The number of ether oxygens (including phenoxy) is 3. The first-order valence-corrected chi connectivity index (χ1v) is 9.97. The van der Waals surface area contributed by atoms with Crippen molar-refractivity contribution in [1.29, 1.82) is 0 Å². The van der Waals surface area contributed by atoms with Crippen LogP contribution in [0.15, 0.2) is 21.3 Å². The van der Waals surface area contributed by atoms with E-state index >= 15 is 0 Å². The smallest absolute Gasteiger partial charge is 0.196 e. The fourth-order valence-corrected chi connectivity index (χ4v) is 4.05. The Labute approximate surface area is 177 Å². The van der Waals surface area contributed by atoms with E-state index in [1.54, 1.807) is 26.8 Å². The summed E-state index contributed by atoms with van der Waals surface area (Å²) in [6.07, 6.45) is -7.49. The van der Waals surface area contributed by atoms with Crippen molar-refractivity contribution in [3.63, 3.8) is 0 Å². The molecule has 10 heteroatoms. The standard InChI is InChI=1S/C21H26O10/c1-8-4-10(23)15-12(28-8)6-11-9(16(15)24)5-14(29-11)21(2,3)31-20-19(27)18(26)17(25)13(7-22)30-20/h4,6,13-14,17-20,22,24-27H,5,7H2,1-3H3/t13-,14+,17+,18+,19-,20+/m0/s1. The lowest BCUT2D eigenvalue weighted by Crippen LogP contribution is -2.61. The first-order chi connectivity index (χ1) is 14.5. The van der Waals surface area contributed by atoms with E-state index in [0.717, 1.165) is 0 Å². The van der Waals surface area contributed by atoms with E-state index in [2.05, 4.69) is 0 Å². The summed E-state index contributed by atoms with van der Waals surface area (Å²) in [5.74, 6) is 0.527. The highest BCUT2D eigenvalue weighted by molar-refractivity contribution is 5.87. The minimum Gasteiger partial charge on any atom is -0.507 e. The van der Waals surface area contributed by atoms with Gasteiger partial charge >= 0.3 is 0 Å². The molecule has 3 heterocycles. The summed E-state index contributed by atoms with van der Waals surface area (Å²) in [4.78, 5) is 12.3. The lowest BCUT2D eigenvalue weighted by Gasteiger charge is -2.43. The molecule has 5 N–H and O–H groups in total. The number of benzene rings is 1. The minimum absolute atomic E-state index is 0.0706. The third kappa shape index (κ3) is 3.69. The topological polar surface area (TPSA) is 159 Å². The molecule has 0 amide bonds. The molecule has 4 rings (SSSR count). The van der Waals surface area contributed by atoms with Crippen LogP contribution in [0.3, 0.4) is 0 Å². The van der Waals surface area contributed by atoms with E-state index in [0.29, 0.717) is 17.1 Å². The summed E-state index contributed by atoms with van der Waals surface area (Å²) in [6, 6.07) is 2.84. The van der Waals surface area contributed by atoms with Gasteiger partial charge in [-0.25, -0.2) is 0 Å². The molecule has 0 spiro atoms. The Morgan fingerprint density at radius 1 is 1.16 bits per heavy atom. The zero-order valence-corrected chi connectivity index (χ0v) is 17.3. The minimum atomic E-state index is -1.57. The quantitative estimate of drug-likeness (QED) is 0.429. The number of hydrogen-bond acceptors (Lipinski definition) is 10. The molecule has 6 atom stereocenters. The predicted molar refractivity (Wildman–Crippen MR) is 106 cm³/mol. The van der Waals surface area contributed by atoms with Crippen LogP contribution in [0.4, 0.5) is 0 Å². The van der Waals surface area contributed by atoms with Gasteiger partial charge in [0.2, 0.25) is 0 Å². The summed E-state index contributed by atoms with van der Waals surface area (Å²) < 4.78 is 22.8. The zero-order chi connectivity index (χ0) is 22.7. The van der Waals surface area contributed by atoms with Gasteiger partial charge in [-0.3, -0.25) is 4.79 Å². The van der Waals surface area contributed by atoms with E-state index < -0.39 is 49.0 Å². The SMILES string of the molecule is Cc1cc(=O)c2c(O)c3c(cc2o1)O[C@@H](C(C)(C)O[C@H]1O[C@@H](CO)[C@@H](O)[C@@H](O)[C@@H]1O)C3. The Hall–Kier alpha value is -2.21. The summed E-state index contributed by atoms with van der Waals surface area (Å²) in [6.45, 7) is 4.41. The Kier molecular flexibility index (Phi) is 5.49. The van der Waals surface area contributed by atoms with Crippen LogP contribution in [-0.4, -0.2) is 74.6 Å². The normalized spacial score (nSPS) is 30.9. The van der Waals surface area contributed by atoms with Crippen molar-refractivity contribution < 1.29 is 44.2 Å². The van der Waals surface area contributed by atoms with E-state index in [1.165, 1.54) is 6.07 Å². The molecule has 0 radical (unpaired) electrons. The number of rotatable bonds is 4. The van der Waals surface area contributed by atoms with Crippen LogP contribution in [0, 0.1) is 6.92 Å². The molecular weight excluding hydrogens is 412 g/mol. The molecule has 2 aliphatic rings. The number of aliphatic hydroxyl groups excluding tert-OH is 4. The van der Waals surface area contributed by atoms with Crippen molar-refractivity contribution in [2.75, 3.05) is 6.61 Å². The Morgan fingerprint density at radius 2 is 1.87 bits per heavy atom. The highest BCUT2D eigenvalue weighted by Gasteiger charge is 2.48. The number of phenolic OH excluding ortho intramolecular Hbond substituents is 1. The van der Waals surface area contributed by atoms with Gasteiger partial charge in [0.1, 0.15) is 64.3 Å². The molecule has 2 aromatic rings. The summed E-state index contributed by atoms with van der Waals surface area (Å²) in [5.41, 5.74) is -0.827. The third-order valence-electron chi connectivity index (χ3n) is 5.88. The lowest BCUT2D eigenvalue weighted by molar-refractivity contribution is -0.329. The molecule has 31 heavy (non-hydrogen) atoms. The van der Waals surface area contributed by atoms with Gasteiger partial charge < -0.3 is 44.2 Å². The average Bonchev–Trinajstić information content (AvgIpc) is 3.13. The number of hydrogen-bond donors (Lipinski definition) is 5. The Bertz CT molecular complexity index is 1040. The molecule has 1 aromatic heterocycles. The summed E-state index contributed by atoms with van der Waals surface area (Å²) >= 11 is 0. The Morgan fingerprint density at radius 3 is 2.55 bits per heavy atom. The lowest BCUT2D eigenvalue weighted by atomic mass is 9.94. The maximum Gasteiger partial charge on any atom is 0.196 e. The largest absolute Gasteiger partial charge is 0.507 e. The van der Waals surface area contributed by atoms with Crippen molar-refractivity contribution in [1.82, 2.24) is 0 Å². The Balaban J connectivity index is 1.59. The van der Waals surface area contributed by atoms with Crippen LogP contribution in [0.1, 0.15) is 25.2 Å². The van der Waals surface area contributed by atoms with Crippen molar-refractivity contribution in [2.45, 2.75) is 69.6 Å². The van der Waals surface area contributed by atoms with Crippen LogP contribution in [0.2, 0.25) is 0 Å². The molecule has 10 nitrogen and oxygen atoms in total. The first kappa shape index (κ1) is 22.0. The number of phenols is 1. The van der Waals surface area contributed by atoms with Gasteiger partial charge in [0.25, 0.3) is 0 Å². The fraction of sp³-hybridized carbons (Fsp3) is 0.571. The van der Waals surface area contributed by atoms with Gasteiger partial charge in [-0.1, -0.05) is 0 Å².